The number of thiocarbonyl (C=S) groups is 2. The Morgan fingerprint density at radius 2 is 1.12 bits per heavy atom. The van der Waals surface area contributed by atoms with Crippen molar-refractivity contribution in [3.63, 3.8) is 0 Å². The Labute approximate surface area is 169 Å². The first kappa shape index (κ1) is 24.5. The van der Waals surface area contributed by atoms with Gasteiger partial charge in [0.25, 0.3) is 0 Å². The van der Waals surface area contributed by atoms with Crippen molar-refractivity contribution in [2.75, 3.05) is 0 Å². The van der Waals surface area contributed by atoms with Crippen LogP contribution in [0.3, 0.4) is 0 Å². The van der Waals surface area contributed by atoms with Crippen molar-refractivity contribution in [3.8, 4) is 0 Å². The number of hydrogen-bond acceptors (Lipinski definition) is 5. The molecule has 0 radical (unpaired) electrons. The van der Waals surface area contributed by atoms with Crippen LogP contribution in [0.5, 0.6) is 0 Å². The number of rotatable bonds is 14. The lowest BCUT2D eigenvalue weighted by atomic mass is 10.1. The molecular weight excluding hydrogens is 368 g/mol. The highest BCUT2D eigenvalue weighted by Crippen LogP contribution is 2.06. The van der Waals surface area contributed by atoms with E-state index in [-0.39, 0.29) is 0 Å². The Hall–Kier alpha value is -0.530. The summed E-state index contributed by atoms with van der Waals surface area (Å²) >= 11 is 11.6. The smallest absolute Gasteiger partial charge is 0.161 e. The fourth-order valence-electron chi connectivity index (χ4n) is 2.13. The van der Waals surface area contributed by atoms with Crippen molar-refractivity contribution < 1.29 is 0 Å². The van der Waals surface area contributed by atoms with Gasteiger partial charge in [0.2, 0.25) is 0 Å². The highest BCUT2D eigenvalue weighted by Gasteiger charge is 2.00. The van der Waals surface area contributed by atoms with Crippen LogP contribution in [0, 0.1) is 0 Å². The van der Waals surface area contributed by atoms with Crippen LogP contribution in [-0.4, -0.2) is 21.1 Å². The Morgan fingerprint density at radius 3 is 1.52 bits per heavy atom. The minimum absolute atomic E-state index is 0.537. The lowest BCUT2D eigenvalue weighted by molar-refractivity contribution is 0.644. The standard InChI is InChI=1S/C18H34N4S3/c1-3-5-7-9-11-13-15-19-21-17(23)25-18(24)22-20-16-14-12-10-8-6-4-2/h15-16H,3-14H2,1-2H3,(H,21,23)(H,22,24). The van der Waals surface area contributed by atoms with Crippen molar-refractivity contribution >= 4 is 57.3 Å². The van der Waals surface area contributed by atoms with E-state index in [2.05, 4.69) is 34.9 Å². The van der Waals surface area contributed by atoms with Gasteiger partial charge in [-0.3, -0.25) is 10.9 Å². The molecule has 2 N–H and O–H groups in total. The molecule has 25 heavy (non-hydrogen) atoms. The monoisotopic (exact) mass is 402 g/mol. The first-order valence-electron chi connectivity index (χ1n) is 9.51. The van der Waals surface area contributed by atoms with Gasteiger partial charge in [-0.1, -0.05) is 89.6 Å². The summed E-state index contributed by atoms with van der Waals surface area (Å²) in [7, 11) is 0. The molecule has 0 aromatic heterocycles. The van der Waals surface area contributed by atoms with Crippen LogP contribution in [0.15, 0.2) is 10.2 Å². The molecule has 0 saturated carbocycles. The van der Waals surface area contributed by atoms with E-state index in [9.17, 15) is 0 Å². The molecule has 0 spiro atoms. The van der Waals surface area contributed by atoms with E-state index in [0.717, 1.165) is 12.8 Å². The minimum atomic E-state index is 0.537. The molecule has 7 heteroatoms. The molecule has 0 unspecified atom stereocenters. The maximum atomic E-state index is 5.19. The topological polar surface area (TPSA) is 48.8 Å². The highest BCUT2D eigenvalue weighted by atomic mass is 32.2. The predicted octanol–water partition coefficient (Wildman–Crippen LogP) is 6.16. The molecule has 0 aliphatic heterocycles. The van der Waals surface area contributed by atoms with Gasteiger partial charge in [0.15, 0.2) is 8.64 Å². The number of unbranched alkanes of at least 4 members (excludes halogenated alkanes) is 10. The van der Waals surface area contributed by atoms with Gasteiger partial charge >= 0.3 is 0 Å². The van der Waals surface area contributed by atoms with E-state index >= 15 is 0 Å². The summed E-state index contributed by atoms with van der Waals surface area (Å²) in [4.78, 5) is 0. The third-order valence-electron chi connectivity index (χ3n) is 3.55. The van der Waals surface area contributed by atoms with Gasteiger partial charge < -0.3 is 0 Å². The third kappa shape index (κ3) is 19.6. The van der Waals surface area contributed by atoms with E-state index in [1.807, 2.05) is 12.4 Å². The lowest BCUT2D eigenvalue weighted by Gasteiger charge is -2.03. The van der Waals surface area contributed by atoms with Gasteiger partial charge in [-0.25, -0.2) is 0 Å². The molecule has 0 saturated heterocycles. The van der Waals surface area contributed by atoms with Crippen LogP contribution in [-0.2, 0) is 0 Å². The van der Waals surface area contributed by atoms with Crippen molar-refractivity contribution in [3.05, 3.63) is 0 Å². The average molecular weight is 403 g/mol. The Balaban J connectivity index is 3.56. The fraction of sp³-hybridized carbons (Fsp3) is 0.778. The van der Waals surface area contributed by atoms with Gasteiger partial charge in [0.05, 0.1) is 0 Å². The molecule has 0 aliphatic carbocycles. The summed E-state index contributed by atoms with van der Waals surface area (Å²) in [5.41, 5.74) is 5.66. The number of hydrazone groups is 2. The van der Waals surface area contributed by atoms with Crippen LogP contribution < -0.4 is 10.9 Å². The largest absolute Gasteiger partial charge is 0.262 e. The molecule has 0 atom stereocenters. The van der Waals surface area contributed by atoms with Crippen LogP contribution in [0.2, 0.25) is 0 Å². The second-order valence-electron chi connectivity index (χ2n) is 5.93. The zero-order valence-electron chi connectivity index (χ0n) is 15.8. The van der Waals surface area contributed by atoms with Gasteiger partial charge in [0, 0.05) is 12.4 Å². The van der Waals surface area contributed by atoms with Gasteiger partial charge in [0.1, 0.15) is 0 Å². The molecule has 0 aliphatic rings. The van der Waals surface area contributed by atoms with Crippen LogP contribution >= 0.6 is 36.2 Å². The molecule has 0 aromatic rings. The molecule has 0 fully saturated rings. The van der Waals surface area contributed by atoms with Crippen LogP contribution in [0.1, 0.15) is 90.9 Å². The van der Waals surface area contributed by atoms with Crippen molar-refractivity contribution in [2.24, 2.45) is 10.2 Å². The van der Waals surface area contributed by atoms with E-state index < -0.39 is 0 Å². The minimum Gasteiger partial charge on any atom is -0.262 e. The molecule has 0 heterocycles. The molecule has 144 valence electrons. The van der Waals surface area contributed by atoms with E-state index in [4.69, 9.17) is 24.4 Å². The SMILES string of the molecule is CCCCCCCC=NNC(=S)SC(=S)NN=CCCCCCCC. The fourth-order valence-corrected chi connectivity index (χ4v) is 3.26. The average Bonchev–Trinajstić information content (AvgIpc) is 2.59. The van der Waals surface area contributed by atoms with E-state index in [1.54, 1.807) is 0 Å². The summed E-state index contributed by atoms with van der Waals surface area (Å²) < 4.78 is 1.07. The molecule has 0 aromatic carbocycles. The van der Waals surface area contributed by atoms with Gasteiger partial charge in [-0.2, -0.15) is 10.2 Å². The predicted molar refractivity (Wildman–Crippen MR) is 123 cm³/mol. The number of thioether (sulfide) groups is 1. The van der Waals surface area contributed by atoms with Gasteiger partial charge in [-0.05, 0) is 37.4 Å². The Kier molecular flexibility index (Phi) is 19.4. The van der Waals surface area contributed by atoms with Crippen molar-refractivity contribution in [1.29, 1.82) is 0 Å². The van der Waals surface area contributed by atoms with Crippen LogP contribution in [0.25, 0.3) is 0 Å². The molecule has 0 rings (SSSR count). The molecule has 0 amide bonds. The molecule has 0 bridgehead atoms. The third-order valence-corrected chi connectivity index (χ3v) is 4.79. The summed E-state index contributed by atoms with van der Waals surface area (Å²) in [5.74, 6) is 0. The molecular formula is C18H34N4S3. The quantitative estimate of drug-likeness (QED) is 0.158. The zero-order chi connectivity index (χ0) is 18.6. The second-order valence-corrected chi connectivity index (χ2v) is 8.28. The Morgan fingerprint density at radius 1 is 0.720 bits per heavy atom. The lowest BCUT2D eigenvalue weighted by Crippen LogP contribution is -2.18. The summed E-state index contributed by atoms with van der Waals surface area (Å²) in [6.45, 7) is 4.45. The molecule has 4 nitrogen and oxygen atoms in total. The Bertz CT molecular complexity index is 362. The van der Waals surface area contributed by atoms with Crippen molar-refractivity contribution in [2.45, 2.75) is 90.9 Å². The highest BCUT2D eigenvalue weighted by molar-refractivity contribution is 8.37. The summed E-state index contributed by atoms with van der Waals surface area (Å²) in [6.07, 6.45) is 18.4. The summed E-state index contributed by atoms with van der Waals surface area (Å²) in [5, 5.41) is 8.25. The van der Waals surface area contributed by atoms with Gasteiger partial charge in [-0.15, -0.1) is 0 Å². The number of hydrogen-bond donors (Lipinski definition) is 2. The van der Waals surface area contributed by atoms with E-state index in [0.29, 0.717) is 8.64 Å². The number of nitrogens with zero attached hydrogens (tertiary/aromatic N) is 2. The summed E-state index contributed by atoms with van der Waals surface area (Å²) in [6, 6.07) is 0. The number of nitrogens with one attached hydrogen (secondary N) is 2. The first-order chi connectivity index (χ1) is 12.2. The normalized spacial score (nSPS) is 11.3. The zero-order valence-corrected chi connectivity index (χ0v) is 18.2. The maximum absolute atomic E-state index is 5.19. The van der Waals surface area contributed by atoms with Crippen LogP contribution in [0.4, 0.5) is 0 Å². The first-order valence-corrected chi connectivity index (χ1v) is 11.1. The second kappa shape index (κ2) is 19.8. The van der Waals surface area contributed by atoms with E-state index in [1.165, 1.54) is 76.0 Å². The van der Waals surface area contributed by atoms with Crippen molar-refractivity contribution in [1.82, 2.24) is 10.9 Å². The maximum Gasteiger partial charge on any atom is 0.161 e.